The first-order valence-electron chi connectivity index (χ1n) is 7.69. The van der Waals surface area contributed by atoms with E-state index in [-0.39, 0.29) is 22.9 Å². The average Bonchev–Trinajstić information content (AvgIpc) is 2.63. The lowest BCUT2D eigenvalue weighted by Crippen LogP contribution is -2.14. The molecule has 2 aromatic carbocycles. The predicted octanol–water partition coefficient (Wildman–Crippen LogP) is 3.01. The van der Waals surface area contributed by atoms with E-state index in [2.05, 4.69) is 16.0 Å². The number of carbonyl (C=O) groups is 2. The number of hydrogen-bond acceptors (Lipinski definition) is 6. The highest BCUT2D eigenvalue weighted by atomic mass is 16.6. The molecule has 3 N–H and O–H groups in total. The minimum atomic E-state index is -0.708. The van der Waals surface area contributed by atoms with Gasteiger partial charge in [0.1, 0.15) is 11.6 Å². The first-order valence-corrected chi connectivity index (χ1v) is 7.69. The summed E-state index contributed by atoms with van der Waals surface area (Å²) < 4.78 is 0. The molecule has 0 aliphatic rings. The minimum absolute atomic E-state index is 0.173. The number of carbonyl (C=O) groups excluding carboxylic acids is 2. The van der Waals surface area contributed by atoms with Crippen LogP contribution in [0.2, 0.25) is 0 Å². The van der Waals surface area contributed by atoms with E-state index in [9.17, 15) is 19.7 Å². The Morgan fingerprint density at radius 3 is 2.33 bits per heavy atom. The molecular weight excluding hydrogens is 350 g/mol. The van der Waals surface area contributed by atoms with Gasteiger partial charge in [0.05, 0.1) is 4.92 Å². The summed E-state index contributed by atoms with van der Waals surface area (Å²) >= 11 is 0. The number of benzene rings is 2. The Morgan fingerprint density at radius 1 is 1.07 bits per heavy atom. The van der Waals surface area contributed by atoms with Crippen LogP contribution in [0.25, 0.3) is 0 Å². The molecule has 0 radical (unpaired) electrons. The van der Waals surface area contributed by atoms with Crippen LogP contribution >= 0.6 is 0 Å². The van der Waals surface area contributed by atoms with Crippen molar-refractivity contribution in [2.24, 2.45) is 0 Å². The molecule has 0 heterocycles. The molecule has 0 atom stereocenters. The maximum atomic E-state index is 12.2. The zero-order chi connectivity index (χ0) is 19.8. The van der Waals surface area contributed by atoms with Crippen LogP contribution in [0.3, 0.4) is 0 Å². The molecule has 0 unspecified atom stereocenters. The lowest BCUT2D eigenvalue weighted by atomic mass is 10.2. The van der Waals surface area contributed by atoms with Crippen molar-refractivity contribution in [1.82, 2.24) is 0 Å². The van der Waals surface area contributed by atoms with Gasteiger partial charge in [-0.1, -0.05) is 6.07 Å². The van der Waals surface area contributed by atoms with Crippen molar-refractivity contribution in [2.75, 3.05) is 16.0 Å². The number of nitrogens with zero attached hydrogens (tertiary/aromatic N) is 2. The van der Waals surface area contributed by atoms with Crippen molar-refractivity contribution in [2.45, 2.75) is 6.92 Å². The number of non-ortho nitro benzene ring substituents is 1. The van der Waals surface area contributed by atoms with Crippen molar-refractivity contribution in [3.8, 4) is 6.07 Å². The topological polar surface area (TPSA) is 137 Å². The van der Waals surface area contributed by atoms with E-state index in [4.69, 9.17) is 5.26 Å². The summed E-state index contributed by atoms with van der Waals surface area (Å²) in [6.07, 6.45) is 1.22. The second-order valence-corrected chi connectivity index (χ2v) is 5.33. The fourth-order valence-corrected chi connectivity index (χ4v) is 2.05. The molecule has 27 heavy (non-hydrogen) atoms. The van der Waals surface area contributed by atoms with Crippen LogP contribution in [0.4, 0.5) is 22.7 Å². The van der Waals surface area contributed by atoms with Gasteiger partial charge in [0.2, 0.25) is 5.91 Å². The molecule has 2 rings (SSSR count). The third-order valence-corrected chi connectivity index (χ3v) is 3.27. The second-order valence-electron chi connectivity index (χ2n) is 5.33. The van der Waals surface area contributed by atoms with E-state index >= 15 is 0 Å². The average molecular weight is 365 g/mol. The number of rotatable bonds is 6. The molecule has 0 fully saturated rings. The summed E-state index contributed by atoms with van der Waals surface area (Å²) in [6, 6.07) is 13.8. The number of amides is 2. The van der Waals surface area contributed by atoms with E-state index in [1.165, 1.54) is 37.4 Å². The van der Waals surface area contributed by atoms with E-state index in [1.54, 1.807) is 30.3 Å². The van der Waals surface area contributed by atoms with Crippen molar-refractivity contribution in [3.63, 3.8) is 0 Å². The number of hydrogen-bond donors (Lipinski definition) is 3. The highest BCUT2D eigenvalue weighted by Crippen LogP contribution is 2.18. The summed E-state index contributed by atoms with van der Waals surface area (Å²) in [6.45, 7) is 1.40. The standard InChI is InChI=1S/C18H15N5O4/c1-12(24)21-15-7-5-14(6-8-15)20-11-13(10-19)18(25)22-16-3-2-4-17(9-16)23(26)27/h2-9,11,20H,1H3,(H,21,24)(H,22,25)/b13-11-. The van der Waals surface area contributed by atoms with Crippen LogP contribution in [-0.2, 0) is 9.59 Å². The number of nitro groups is 1. The Kier molecular flexibility index (Phi) is 6.22. The third-order valence-electron chi connectivity index (χ3n) is 3.27. The smallest absolute Gasteiger partial charge is 0.271 e. The van der Waals surface area contributed by atoms with Gasteiger partial charge >= 0.3 is 0 Å². The Labute approximate surface area is 154 Å². The first kappa shape index (κ1) is 19.1. The Balaban J connectivity index is 2.06. The molecule has 0 aromatic heterocycles. The minimum Gasteiger partial charge on any atom is -0.360 e. The van der Waals surface area contributed by atoms with Gasteiger partial charge in [-0.15, -0.1) is 0 Å². The molecule has 9 heteroatoms. The highest BCUT2D eigenvalue weighted by Gasteiger charge is 2.12. The zero-order valence-electron chi connectivity index (χ0n) is 14.2. The van der Waals surface area contributed by atoms with Gasteiger partial charge in [-0.25, -0.2) is 0 Å². The van der Waals surface area contributed by atoms with Crippen molar-refractivity contribution < 1.29 is 14.5 Å². The fraction of sp³-hybridized carbons (Fsp3) is 0.0556. The molecule has 0 spiro atoms. The van der Waals surface area contributed by atoms with Gasteiger partial charge in [0, 0.05) is 42.3 Å². The summed E-state index contributed by atoms with van der Waals surface area (Å²) in [4.78, 5) is 33.3. The molecule has 9 nitrogen and oxygen atoms in total. The molecule has 136 valence electrons. The fourth-order valence-electron chi connectivity index (χ4n) is 2.05. The number of anilines is 3. The Hall–Kier alpha value is -4.19. The quantitative estimate of drug-likeness (QED) is 0.311. The van der Waals surface area contributed by atoms with Crippen molar-refractivity contribution >= 4 is 34.6 Å². The van der Waals surface area contributed by atoms with E-state index in [0.29, 0.717) is 11.4 Å². The van der Waals surface area contributed by atoms with Crippen LogP contribution in [0.15, 0.2) is 60.3 Å². The molecule has 0 aliphatic carbocycles. The van der Waals surface area contributed by atoms with Crippen LogP contribution in [0, 0.1) is 21.4 Å². The van der Waals surface area contributed by atoms with Gasteiger partial charge in [0.15, 0.2) is 0 Å². The lowest BCUT2D eigenvalue weighted by molar-refractivity contribution is -0.384. The molecule has 2 aromatic rings. The second kappa shape index (κ2) is 8.77. The normalized spacial score (nSPS) is 10.4. The Bertz CT molecular complexity index is 945. The molecule has 0 saturated carbocycles. The van der Waals surface area contributed by atoms with E-state index < -0.39 is 10.8 Å². The van der Waals surface area contributed by atoms with Crippen LogP contribution in [-0.4, -0.2) is 16.7 Å². The van der Waals surface area contributed by atoms with Crippen LogP contribution < -0.4 is 16.0 Å². The number of nitrogens with one attached hydrogen (secondary N) is 3. The molecule has 0 saturated heterocycles. The molecule has 0 aliphatic heterocycles. The van der Waals surface area contributed by atoms with Crippen LogP contribution in [0.1, 0.15) is 6.92 Å². The van der Waals surface area contributed by atoms with E-state index in [1.807, 2.05) is 0 Å². The van der Waals surface area contributed by atoms with Gasteiger partial charge < -0.3 is 16.0 Å². The zero-order valence-corrected chi connectivity index (χ0v) is 14.2. The number of nitriles is 1. The van der Waals surface area contributed by atoms with E-state index in [0.717, 1.165) is 0 Å². The monoisotopic (exact) mass is 365 g/mol. The van der Waals surface area contributed by atoms with Gasteiger partial charge in [-0.05, 0) is 30.3 Å². The van der Waals surface area contributed by atoms with Crippen LogP contribution in [0.5, 0.6) is 0 Å². The highest BCUT2D eigenvalue weighted by molar-refractivity contribution is 6.06. The van der Waals surface area contributed by atoms with Gasteiger partial charge in [-0.2, -0.15) is 5.26 Å². The maximum absolute atomic E-state index is 12.2. The maximum Gasteiger partial charge on any atom is 0.271 e. The first-order chi connectivity index (χ1) is 12.9. The molecular formula is C18H15N5O4. The third kappa shape index (κ3) is 5.68. The Morgan fingerprint density at radius 2 is 1.74 bits per heavy atom. The lowest BCUT2D eigenvalue weighted by Gasteiger charge is -2.06. The summed E-state index contributed by atoms with van der Waals surface area (Å²) in [5.74, 6) is -0.902. The van der Waals surface area contributed by atoms with Crippen molar-refractivity contribution in [1.29, 1.82) is 5.26 Å². The SMILES string of the molecule is CC(=O)Nc1ccc(N/C=C(/C#N)C(=O)Nc2cccc([N+](=O)[O-])c2)cc1. The van der Waals surface area contributed by atoms with Gasteiger partial charge in [-0.3, -0.25) is 19.7 Å². The largest absolute Gasteiger partial charge is 0.360 e. The summed E-state index contributed by atoms with van der Waals surface area (Å²) in [5.41, 5.74) is 1.02. The molecule has 2 amide bonds. The number of nitro benzene ring substituents is 1. The van der Waals surface area contributed by atoms with Crippen molar-refractivity contribution in [3.05, 3.63) is 70.4 Å². The molecule has 0 bridgehead atoms. The van der Waals surface area contributed by atoms with Gasteiger partial charge in [0.25, 0.3) is 11.6 Å². The summed E-state index contributed by atoms with van der Waals surface area (Å²) in [5, 5.41) is 27.8. The predicted molar refractivity (Wildman–Crippen MR) is 99.8 cm³/mol. The summed E-state index contributed by atoms with van der Waals surface area (Å²) in [7, 11) is 0.